The second-order valence-corrected chi connectivity index (χ2v) is 10.7. The van der Waals surface area contributed by atoms with E-state index < -0.39 is 5.97 Å². The smallest absolute Gasteiger partial charge is 0.338 e. The summed E-state index contributed by atoms with van der Waals surface area (Å²) in [6.45, 7) is 1.84. The molecule has 7 heteroatoms. The Hall–Kier alpha value is -2.02. The van der Waals surface area contributed by atoms with Gasteiger partial charge in [0.05, 0.1) is 17.0 Å². The van der Waals surface area contributed by atoms with E-state index in [1.165, 1.54) is 50.3 Å². The first-order valence-corrected chi connectivity index (χ1v) is 11.9. The molecular weight excluding hydrogens is 400 g/mol. The zero-order chi connectivity index (χ0) is 20.9. The van der Waals surface area contributed by atoms with Crippen molar-refractivity contribution < 1.29 is 19.1 Å². The quantitative estimate of drug-likeness (QED) is 0.700. The summed E-state index contributed by atoms with van der Waals surface area (Å²) in [5.74, 6) is 1.98. The molecule has 1 heterocycles. The van der Waals surface area contributed by atoms with Gasteiger partial charge in [-0.2, -0.15) is 0 Å². The van der Waals surface area contributed by atoms with Crippen molar-refractivity contribution in [1.29, 1.82) is 0 Å². The maximum atomic E-state index is 12.5. The Balaban J connectivity index is 1.16. The number of fused-ring (bicyclic) bond motifs is 1. The molecule has 6 nitrogen and oxygen atoms in total. The lowest BCUT2D eigenvalue weighted by Crippen LogP contribution is -2.56. The summed E-state index contributed by atoms with van der Waals surface area (Å²) in [7, 11) is 0. The van der Waals surface area contributed by atoms with Crippen LogP contribution in [0.1, 0.15) is 55.8 Å². The van der Waals surface area contributed by atoms with Gasteiger partial charge in [0.25, 0.3) is 5.91 Å². The van der Waals surface area contributed by atoms with E-state index in [0.29, 0.717) is 17.0 Å². The molecule has 4 saturated carbocycles. The average Bonchev–Trinajstić information content (AvgIpc) is 2.70. The van der Waals surface area contributed by atoms with E-state index in [-0.39, 0.29) is 29.9 Å². The first-order valence-electron chi connectivity index (χ1n) is 10.9. The summed E-state index contributed by atoms with van der Waals surface area (Å²) < 4.78 is 5.26. The van der Waals surface area contributed by atoms with Gasteiger partial charge in [-0.3, -0.25) is 9.59 Å². The molecule has 4 aliphatic carbocycles. The third-order valence-electron chi connectivity index (χ3n) is 7.56. The minimum Gasteiger partial charge on any atom is -0.452 e. The van der Waals surface area contributed by atoms with Crippen LogP contribution in [0.15, 0.2) is 23.1 Å². The summed E-state index contributed by atoms with van der Waals surface area (Å²) in [6, 6.07) is 5.18. The van der Waals surface area contributed by atoms with E-state index in [1.807, 2.05) is 0 Å². The topological polar surface area (TPSA) is 84.5 Å². The van der Waals surface area contributed by atoms with Crippen molar-refractivity contribution in [3.8, 4) is 0 Å². The van der Waals surface area contributed by atoms with Crippen molar-refractivity contribution in [2.75, 3.05) is 17.7 Å². The van der Waals surface area contributed by atoms with Crippen LogP contribution in [-0.2, 0) is 14.3 Å². The van der Waals surface area contributed by atoms with Gasteiger partial charge >= 0.3 is 5.97 Å². The van der Waals surface area contributed by atoms with Gasteiger partial charge in [0.2, 0.25) is 5.91 Å². The van der Waals surface area contributed by atoms with Crippen LogP contribution in [0, 0.1) is 23.2 Å². The standard InChI is InChI=1S/C23H28N2O4S/c1-13(23-8-14-4-15(9-23)6-16(5-14)10-23)24-20(26)11-29-22(28)17-2-3-19-18(7-17)25-21(27)12-30-19/h2-3,7,13-16H,4-6,8-12H2,1H3,(H,24,26)(H,25,27). The Kier molecular flexibility index (Phi) is 5.04. The molecule has 160 valence electrons. The summed E-state index contributed by atoms with van der Waals surface area (Å²) in [6.07, 6.45) is 7.78. The monoisotopic (exact) mass is 428 g/mol. The minimum atomic E-state index is -0.555. The maximum absolute atomic E-state index is 12.5. The number of benzene rings is 1. The van der Waals surface area contributed by atoms with Crippen LogP contribution in [0.2, 0.25) is 0 Å². The highest BCUT2D eigenvalue weighted by molar-refractivity contribution is 8.00. The lowest BCUT2D eigenvalue weighted by molar-refractivity contribution is -0.128. The summed E-state index contributed by atoms with van der Waals surface area (Å²) in [4.78, 5) is 37.4. The van der Waals surface area contributed by atoms with Gasteiger partial charge in [0, 0.05) is 10.9 Å². The number of hydrogen-bond acceptors (Lipinski definition) is 5. The fraction of sp³-hybridized carbons (Fsp3) is 0.609. The minimum absolute atomic E-state index is 0.0870. The molecule has 1 aliphatic heterocycles. The van der Waals surface area contributed by atoms with Crippen molar-refractivity contribution in [2.24, 2.45) is 23.2 Å². The Morgan fingerprint density at radius 1 is 1.20 bits per heavy atom. The van der Waals surface area contributed by atoms with Crippen LogP contribution in [0.3, 0.4) is 0 Å². The van der Waals surface area contributed by atoms with Gasteiger partial charge in [-0.1, -0.05) is 0 Å². The number of esters is 1. The van der Waals surface area contributed by atoms with Gasteiger partial charge < -0.3 is 15.4 Å². The van der Waals surface area contributed by atoms with E-state index in [9.17, 15) is 14.4 Å². The second-order valence-electron chi connectivity index (χ2n) is 9.69. The van der Waals surface area contributed by atoms with E-state index >= 15 is 0 Å². The number of ether oxygens (including phenoxy) is 1. The lowest BCUT2D eigenvalue weighted by atomic mass is 9.48. The number of nitrogens with one attached hydrogen (secondary N) is 2. The highest BCUT2D eigenvalue weighted by atomic mass is 32.2. The number of thioether (sulfide) groups is 1. The largest absolute Gasteiger partial charge is 0.452 e. The van der Waals surface area contributed by atoms with E-state index in [2.05, 4.69) is 17.6 Å². The molecule has 0 saturated heterocycles. The molecule has 6 rings (SSSR count). The van der Waals surface area contributed by atoms with Crippen LogP contribution in [0.4, 0.5) is 5.69 Å². The summed E-state index contributed by atoms with van der Waals surface area (Å²) in [5.41, 5.74) is 1.17. The zero-order valence-electron chi connectivity index (χ0n) is 17.2. The van der Waals surface area contributed by atoms with Crippen molar-refractivity contribution in [2.45, 2.75) is 56.4 Å². The molecular formula is C23H28N2O4S. The van der Waals surface area contributed by atoms with Crippen molar-refractivity contribution in [1.82, 2.24) is 5.32 Å². The van der Waals surface area contributed by atoms with Crippen LogP contribution in [0.5, 0.6) is 0 Å². The summed E-state index contributed by atoms with van der Waals surface area (Å²) >= 11 is 1.44. The Morgan fingerprint density at radius 3 is 2.53 bits per heavy atom. The number of amides is 2. The maximum Gasteiger partial charge on any atom is 0.338 e. The molecule has 0 aromatic heterocycles. The van der Waals surface area contributed by atoms with Crippen LogP contribution >= 0.6 is 11.8 Å². The number of rotatable bonds is 5. The molecule has 1 atom stereocenters. The number of hydrogen-bond donors (Lipinski definition) is 2. The van der Waals surface area contributed by atoms with Crippen LogP contribution in [-0.4, -0.2) is 36.2 Å². The molecule has 4 fully saturated rings. The predicted molar refractivity (Wildman–Crippen MR) is 114 cm³/mol. The van der Waals surface area contributed by atoms with Crippen molar-refractivity contribution in [3.63, 3.8) is 0 Å². The van der Waals surface area contributed by atoms with Gasteiger partial charge in [-0.15, -0.1) is 11.8 Å². The molecule has 0 spiro atoms. The number of carbonyl (C=O) groups is 3. The van der Waals surface area contributed by atoms with Crippen molar-refractivity contribution >= 4 is 35.2 Å². The Bertz CT molecular complexity index is 864. The average molecular weight is 429 g/mol. The Morgan fingerprint density at radius 2 is 1.87 bits per heavy atom. The number of carbonyl (C=O) groups excluding carboxylic acids is 3. The molecule has 2 N–H and O–H groups in total. The van der Waals surface area contributed by atoms with Gasteiger partial charge in [0.15, 0.2) is 6.61 Å². The normalized spacial score (nSPS) is 32.2. The molecule has 1 aromatic carbocycles. The van der Waals surface area contributed by atoms with Crippen LogP contribution < -0.4 is 10.6 Å². The van der Waals surface area contributed by atoms with E-state index in [1.54, 1.807) is 18.2 Å². The molecule has 30 heavy (non-hydrogen) atoms. The van der Waals surface area contributed by atoms with Gasteiger partial charge in [0.1, 0.15) is 0 Å². The summed E-state index contributed by atoms with van der Waals surface area (Å²) in [5, 5.41) is 5.89. The van der Waals surface area contributed by atoms with Gasteiger partial charge in [-0.05, 0) is 86.8 Å². The molecule has 5 aliphatic rings. The molecule has 0 radical (unpaired) electrons. The molecule has 1 unspecified atom stereocenters. The third-order valence-corrected chi connectivity index (χ3v) is 8.64. The molecule has 1 aromatic rings. The third kappa shape index (κ3) is 3.72. The fourth-order valence-corrected chi connectivity index (χ4v) is 7.36. The SMILES string of the molecule is CC(NC(=O)COC(=O)c1ccc2c(c1)NC(=O)CS2)C12CC3CC(CC(C3)C1)C2. The van der Waals surface area contributed by atoms with Crippen molar-refractivity contribution in [3.05, 3.63) is 23.8 Å². The predicted octanol–water partition coefficient (Wildman–Crippen LogP) is 3.61. The Labute approximate surface area is 180 Å². The fourth-order valence-electron chi connectivity index (χ4n) is 6.57. The van der Waals surface area contributed by atoms with E-state index in [4.69, 9.17) is 4.74 Å². The lowest BCUT2D eigenvalue weighted by Gasteiger charge is -2.59. The first-order chi connectivity index (χ1) is 14.4. The highest BCUT2D eigenvalue weighted by Gasteiger charge is 2.53. The number of anilines is 1. The highest BCUT2D eigenvalue weighted by Crippen LogP contribution is 2.61. The zero-order valence-corrected chi connectivity index (χ0v) is 18.1. The molecule has 4 bridgehead atoms. The molecule has 2 amide bonds. The second kappa shape index (κ2) is 7.59. The van der Waals surface area contributed by atoms with E-state index in [0.717, 1.165) is 22.6 Å². The first kappa shape index (κ1) is 19.9. The van der Waals surface area contributed by atoms with Gasteiger partial charge in [-0.25, -0.2) is 4.79 Å². The van der Waals surface area contributed by atoms with Crippen LogP contribution in [0.25, 0.3) is 0 Å².